The molecule has 0 radical (unpaired) electrons. The lowest BCUT2D eigenvalue weighted by Gasteiger charge is -2.19. The zero-order chi connectivity index (χ0) is 39.4. The Balaban J connectivity index is 4.37. The molecule has 0 unspecified atom stereocenters. The summed E-state index contributed by atoms with van der Waals surface area (Å²) in [5.74, 6) is -1.25. The van der Waals surface area contributed by atoms with Gasteiger partial charge in [0, 0.05) is 12.8 Å². The molecule has 0 saturated carbocycles. The van der Waals surface area contributed by atoms with Gasteiger partial charge in [0.05, 0.1) is 24.9 Å². The number of carbonyl (C=O) groups excluding carboxylic acids is 2. The van der Waals surface area contributed by atoms with Gasteiger partial charge in [0.15, 0.2) is 6.10 Å². The molecule has 302 valence electrons. The van der Waals surface area contributed by atoms with Crippen LogP contribution in [-0.2, 0) is 28.2 Å². The summed E-state index contributed by atoms with van der Waals surface area (Å²) < 4.78 is 26.1. The number of unbranched alkanes of at least 4 members (excludes halogenated alkanes) is 7. The highest BCUT2D eigenvalue weighted by Gasteiger charge is 2.23. The van der Waals surface area contributed by atoms with E-state index in [1.165, 1.54) is 6.08 Å². The minimum atomic E-state index is -4.86. The van der Waals surface area contributed by atoms with Crippen molar-refractivity contribution in [1.82, 2.24) is 0 Å². The predicted octanol–water partition coefficient (Wildman–Crippen LogP) is 8.20. The smallest absolute Gasteiger partial charge is 0.462 e. The van der Waals surface area contributed by atoms with Gasteiger partial charge in [0.2, 0.25) is 0 Å². The standard InChI is InChI=1S/C41H67O11P/c1-3-5-7-8-9-10-11-12-13-14-15-16-17-22-26-32-40(45)50-34-37(35-51-53(47,48)49)52-41(46)33-27-31-39(44)38(43)30-25-21-19-18-20-24-29-36(42)28-23-6-4-2/h5,7,9-10,12-13,18-21,24-25,29-30,36-39,42-44H,3-4,6,8,11,14-17,22-23,26-28,31-35H2,1-2H3,(H2,47,48,49)/b7-5-,10-9-,13-12-,20-18-,21-19+,29-24+,30-25+/t36-,37+,38-,39-/m0/s1. The fraction of sp³-hybridized carbons (Fsp3) is 0.610. The van der Waals surface area contributed by atoms with Crippen molar-refractivity contribution in [2.75, 3.05) is 13.2 Å². The third-order valence-corrected chi connectivity index (χ3v) is 8.25. The second kappa shape index (κ2) is 34.9. The second-order valence-electron chi connectivity index (χ2n) is 12.7. The zero-order valence-electron chi connectivity index (χ0n) is 32.0. The largest absolute Gasteiger partial charge is 0.469 e. The van der Waals surface area contributed by atoms with Crippen LogP contribution in [0.5, 0.6) is 0 Å². The minimum Gasteiger partial charge on any atom is -0.462 e. The molecule has 0 aromatic rings. The first-order valence-corrected chi connectivity index (χ1v) is 20.7. The summed E-state index contributed by atoms with van der Waals surface area (Å²) in [7, 11) is -4.86. The van der Waals surface area contributed by atoms with Gasteiger partial charge in [-0.25, -0.2) is 4.57 Å². The van der Waals surface area contributed by atoms with E-state index in [0.29, 0.717) is 6.42 Å². The van der Waals surface area contributed by atoms with Crippen molar-refractivity contribution in [3.63, 3.8) is 0 Å². The summed E-state index contributed by atoms with van der Waals surface area (Å²) >= 11 is 0. The highest BCUT2D eigenvalue weighted by atomic mass is 31.2. The van der Waals surface area contributed by atoms with Crippen molar-refractivity contribution in [2.45, 2.75) is 147 Å². The number of esters is 2. The Kier molecular flexibility index (Phi) is 33.0. The van der Waals surface area contributed by atoms with E-state index < -0.39 is 57.4 Å². The van der Waals surface area contributed by atoms with Crippen molar-refractivity contribution in [3.05, 3.63) is 85.1 Å². The van der Waals surface area contributed by atoms with Crippen LogP contribution >= 0.6 is 7.82 Å². The van der Waals surface area contributed by atoms with Crippen LogP contribution < -0.4 is 0 Å². The molecule has 4 atom stereocenters. The van der Waals surface area contributed by atoms with E-state index in [2.05, 4.69) is 54.8 Å². The predicted molar refractivity (Wildman–Crippen MR) is 211 cm³/mol. The van der Waals surface area contributed by atoms with Crippen molar-refractivity contribution in [1.29, 1.82) is 0 Å². The third-order valence-electron chi connectivity index (χ3n) is 7.76. The average molecular weight is 767 g/mol. The molecule has 0 aliphatic heterocycles. The van der Waals surface area contributed by atoms with Crippen LogP contribution in [0.3, 0.4) is 0 Å². The Bertz CT molecular complexity index is 1180. The maximum Gasteiger partial charge on any atom is 0.469 e. The lowest BCUT2D eigenvalue weighted by molar-refractivity contribution is -0.161. The number of carbonyl (C=O) groups is 2. The fourth-order valence-corrected chi connectivity index (χ4v) is 5.13. The van der Waals surface area contributed by atoms with E-state index in [-0.39, 0.29) is 25.7 Å². The summed E-state index contributed by atoms with van der Waals surface area (Å²) in [5, 5.41) is 30.3. The second-order valence-corrected chi connectivity index (χ2v) is 14.0. The molecule has 0 aliphatic carbocycles. The first-order chi connectivity index (χ1) is 25.5. The summed E-state index contributed by atoms with van der Waals surface area (Å²) in [4.78, 5) is 42.8. The number of hydrogen-bond acceptors (Lipinski definition) is 9. The van der Waals surface area contributed by atoms with E-state index in [4.69, 9.17) is 19.3 Å². The van der Waals surface area contributed by atoms with Crippen LogP contribution in [0.1, 0.15) is 123 Å². The van der Waals surface area contributed by atoms with Crippen LogP contribution in [0, 0.1) is 0 Å². The van der Waals surface area contributed by atoms with Crippen molar-refractivity contribution in [2.24, 2.45) is 0 Å². The van der Waals surface area contributed by atoms with Crippen LogP contribution in [-0.4, -0.2) is 74.7 Å². The summed E-state index contributed by atoms with van der Waals surface area (Å²) in [5.41, 5.74) is 0. The van der Waals surface area contributed by atoms with Gasteiger partial charge >= 0.3 is 19.8 Å². The van der Waals surface area contributed by atoms with Crippen molar-refractivity contribution in [3.8, 4) is 0 Å². The quantitative estimate of drug-likeness (QED) is 0.0143. The molecule has 0 rings (SSSR count). The maximum absolute atomic E-state index is 12.4. The van der Waals surface area contributed by atoms with E-state index in [9.17, 15) is 29.5 Å². The van der Waals surface area contributed by atoms with Crippen LogP contribution in [0.25, 0.3) is 0 Å². The summed E-state index contributed by atoms with van der Waals surface area (Å²) in [6.07, 6.45) is 35.3. The number of phosphoric acid groups is 1. The number of phosphoric ester groups is 1. The Hall–Kier alpha value is -2.89. The van der Waals surface area contributed by atoms with Crippen molar-refractivity contribution >= 4 is 19.8 Å². The molecule has 0 fully saturated rings. The molecular weight excluding hydrogens is 699 g/mol. The van der Waals surface area contributed by atoms with E-state index in [1.54, 1.807) is 42.5 Å². The molecule has 0 heterocycles. The molecule has 0 aliphatic rings. The molecule has 0 bridgehead atoms. The Labute approximate surface area is 318 Å². The molecular formula is C41H67O11P. The Morgan fingerprint density at radius 2 is 1.25 bits per heavy atom. The molecule has 12 heteroatoms. The van der Waals surface area contributed by atoms with Gasteiger partial charge in [-0.15, -0.1) is 0 Å². The molecule has 53 heavy (non-hydrogen) atoms. The number of aliphatic hydroxyl groups is 3. The lowest BCUT2D eigenvalue weighted by Crippen LogP contribution is -2.29. The molecule has 11 nitrogen and oxygen atoms in total. The summed E-state index contributed by atoms with van der Waals surface area (Å²) in [6.45, 7) is 3.14. The van der Waals surface area contributed by atoms with E-state index in [1.807, 2.05) is 0 Å². The highest BCUT2D eigenvalue weighted by Crippen LogP contribution is 2.36. The SMILES string of the molecule is CC/C=C\C/C=C\C/C=C\CCCCCCCC(=O)OC[C@H](COP(=O)(O)O)OC(=O)CCC[C@H](O)[C@@H](O)/C=C/C=C/C=C\C=C\[C@@H](O)CCCCC. The maximum atomic E-state index is 12.4. The van der Waals surface area contributed by atoms with Crippen LogP contribution in [0.2, 0.25) is 0 Å². The Morgan fingerprint density at radius 3 is 1.92 bits per heavy atom. The van der Waals surface area contributed by atoms with Gasteiger partial charge in [0.25, 0.3) is 0 Å². The molecule has 0 aromatic heterocycles. The number of aliphatic hydroxyl groups excluding tert-OH is 3. The average Bonchev–Trinajstić information content (AvgIpc) is 3.11. The summed E-state index contributed by atoms with van der Waals surface area (Å²) in [6, 6.07) is 0. The number of rotatable bonds is 33. The lowest BCUT2D eigenvalue weighted by atomic mass is 10.1. The topological polar surface area (TPSA) is 180 Å². The van der Waals surface area contributed by atoms with Gasteiger partial charge < -0.3 is 34.6 Å². The van der Waals surface area contributed by atoms with Gasteiger partial charge in [-0.05, 0) is 57.8 Å². The Morgan fingerprint density at radius 1 is 0.642 bits per heavy atom. The van der Waals surface area contributed by atoms with Gasteiger partial charge in [-0.2, -0.15) is 0 Å². The first-order valence-electron chi connectivity index (χ1n) is 19.2. The van der Waals surface area contributed by atoms with Crippen LogP contribution in [0.4, 0.5) is 0 Å². The van der Waals surface area contributed by atoms with Crippen molar-refractivity contribution < 1.29 is 53.3 Å². The normalized spacial score (nSPS) is 15.2. The van der Waals surface area contributed by atoms with E-state index in [0.717, 1.165) is 77.0 Å². The van der Waals surface area contributed by atoms with E-state index >= 15 is 0 Å². The fourth-order valence-electron chi connectivity index (χ4n) is 4.77. The third kappa shape index (κ3) is 35.9. The highest BCUT2D eigenvalue weighted by molar-refractivity contribution is 7.46. The van der Waals surface area contributed by atoms with Gasteiger partial charge in [-0.3, -0.25) is 14.1 Å². The zero-order valence-corrected chi connectivity index (χ0v) is 32.9. The van der Waals surface area contributed by atoms with Crippen LogP contribution in [0.15, 0.2) is 85.1 Å². The molecule has 0 saturated heterocycles. The molecule has 0 aromatic carbocycles. The molecule has 0 amide bonds. The molecule has 0 spiro atoms. The first kappa shape index (κ1) is 50.1. The number of hydrogen-bond donors (Lipinski definition) is 5. The minimum absolute atomic E-state index is 0.0833. The van der Waals surface area contributed by atoms with Gasteiger partial charge in [-0.1, -0.05) is 137 Å². The monoisotopic (exact) mass is 766 g/mol. The number of ether oxygens (including phenoxy) is 2. The molecule has 5 N–H and O–H groups in total. The van der Waals surface area contributed by atoms with Gasteiger partial charge in [0.1, 0.15) is 6.61 Å². The number of allylic oxidation sites excluding steroid dienone is 12.